The summed E-state index contributed by atoms with van der Waals surface area (Å²) in [6.07, 6.45) is 8.25. The maximum atomic E-state index is 11.9. The minimum Gasteiger partial charge on any atom is -0.465 e. The number of fused-ring (bicyclic) bond motifs is 3. The zero-order valence-corrected chi connectivity index (χ0v) is 16.0. The lowest BCUT2D eigenvalue weighted by Crippen LogP contribution is -2.10. The Hall–Kier alpha value is -1.14. The van der Waals surface area contributed by atoms with E-state index >= 15 is 0 Å². The summed E-state index contributed by atoms with van der Waals surface area (Å²) in [7, 11) is 0. The van der Waals surface area contributed by atoms with Crippen molar-refractivity contribution in [2.24, 2.45) is 5.92 Å². The number of rotatable bonds is 7. The molecule has 4 nitrogen and oxygen atoms in total. The third-order valence-corrected chi connectivity index (χ3v) is 6.52. The lowest BCUT2D eigenvalue weighted by Gasteiger charge is -2.18. The van der Waals surface area contributed by atoms with E-state index in [9.17, 15) is 4.79 Å². The van der Waals surface area contributed by atoms with Gasteiger partial charge in [-0.15, -0.1) is 11.3 Å². The highest BCUT2D eigenvalue weighted by Gasteiger charge is 2.23. The van der Waals surface area contributed by atoms with Gasteiger partial charge in [0.15, 0.2) is 0 Å². The SMILES string of the molecule is CCCCCOC(=O)CSc1ncnc2sc3c(c12)CC[C@@H](C)C3. The Morgan fingerprint density at radius 2 is 2.29 bits per heavy atom. The summed E-state index contributed by atoms with van der Waals surface area (Å²) in [6.45, 7) is 4.97. The number of carbonyl (C=O) groups excluding carboxylic acids is 1. The van der Waals surface area contributed by atoms with Crippen molar-refractivity contribution in [1.29, 1.82) is 0 Å². The largest absolute Gasteiger partial charge is 0.465 e. The summed E-state index contributed by atoms with van der Waals surface area (Å²) in [5, 5.41) is 2.10. The van der Waals surface area contributed by atoms with Crippen LogP contribution in [0.15, 0.2) is 11.4 Å². The van der Waals surface area contributed by atoms with Crippen molar-refractivity contribution in [1.82, 2.24) is 9.97 Å². The van der Waals surface area contributed by atoms with E-state index in [1.165, 1.54) is 34.0 Å². The van der Waals surface area contributed by atoms with Crippen LogP contribution >= 0.6 is 23.1 Å². The van der Waals surface area contributed by atoms with Crippen LogP contribution in [0.5, 0.6) is 0 Å². The van der Waals surface area contributed by atoms with E-state index in [1.54, 1.807) is 17.7 Å². The predicted molar refractivity (Wildman–Crippen MR) is 99.8 cm³/mol. The van der Waals surface area contributed by atoms with Crippen molar-refractivity contribution in [2.45, 2.75) is 57.4 Å². The second-order valence-corrected chi connectivity index (χ2v) is 8.47. The van der Waals surface area contributed by atoms with Crippen LogP contribution < -0.4 is 0 Å². The number of aromatic nitrogens is 2. The number of aryl methyl sites for hydroxylation is 1. The smallest absolute Gasteiger partial charge is 0.316 e. The van der Waals surface area contributed by atoms with Crippen molar-refractivity contribution in [3.05, 3.63) is 16.8 Å². The number of ether oxygens (including phenoxy) is 1. The Balaban J connectivity index is 1.68. The maximum absolute atomic E-state index is 11.9. The monoisotopic (exact) mass is 364 g/mol. The van der Waals surface area contributed by atoms with Crippen LogP contribution in [0.3, 0.4) is 0 Å². The van der Waals surface area contributed by atoms with Gasteiger partial charge in [0.2, 0.25) is 0 Å². The van der Waals surface area contributed by atoms with E-state index in [-0.39, 0.29) is 5.97 Å². The Bertz CT molecular complexity index is 714. The summed E-state index contributed by atoms with van der Waals surface area (Å²) >= 11 is 3.27. The summed E-state index contributed by atoms with van der Waals surface area (Å²) in [5.41, 5.74) is 1.41. The van der Waals surface area contributed by atoms with E-state index in [0.29, 0.717) is 12.4 Å². The summed E-state index contributed by atoms with van der Waals surface area (Å²) in [6, 6.07) is 0. The normalized spacial score (nSPS) is 17.0. The highest BCUT2D eigenvalue weighted by molar-refractivity contribution is 8.00. The first-order valence-corrected chi connectivity index (χ1v) is 10.5. The standard InChI is InChI=1S/C18H24N2O2S2/c1-3-4-5-8-22-15(21)10-23-17-16-13-7-6-12(2)9-14(13)24-18(16)20-11-19-17/h11-12H,3-10H2,1-2H3/t12-/m1/s1. The van der Waals surface area contributed by atoms with Gasteiger partial charge in [0.1, 0.15) is 16.2 Å². The molecule has 0 fully saturated rings. The first-order valence-electron chi connectivity index (χ1n) is 8.72. The highest BCUT2D eigenvalue weighted by Crippen LogP contribution is 2.40. The van der Waals surface area contributed by atoms with Crippen LogP contribution in [0.2, 0.25) is 0 Å². The lowest BCUT2D eigenvalue weighted by atomic mass is 9.89. The van der Waals surface area contributed by atoms with Crippen molar-refractivity contribution < 1.29 is 9.53 Å². The summed E-state index contributed by atoms with van der Waals surface area (Å²) in [4.78, 5) is 23.3. The molecular formula is C18H24N2O2S2. The Labute approximate surface area is 151 Å². The molecule has 0 aliphatic heterocycles. The number of carbonyl (C=O) groups is 1. The van der Waals surface area contributed by atoms with Crippen LogP contribution in [-0.4, -0.2) is 28.3 Å². The average Bonchev–Trinajstić information content (AvgIpc) is 2.94. The molecule has 24 heavy (non-hydrogen) atoms. The molecule has 0 bridgehead atoms. The fourth-order valence-corrected chi connectivity index (χ4v) is 5.30. The van der Waals surface area contributed by atoms with Gasteiger partial charge < -0.3 is 4.74 Å². The lowest BCUT2D eigenvalue weighted by molar-refractivity contribution is -0.140. The maximum Gasteiger partial charge on any atom is 0.316 e. The number of thioether (sulfide) groups is 1. The number of hydrogen-bond donors (Lipinski definition) is 0. The molecule has 0 saturated carbocycles. The van der Waals surface area contributed by atoms with Gasteiger partial charge in [-0.3, -0.25) is 4.79 Å². The predicted octanol–water partition coefficient (Wildman–Crippen LogP) is 4.64. The molecule has 0 aromatic carbocycles. The molecule has 0 spiro atoms. The van der Waals surface area contributed by atoms with Gasteiger partial charge in [0.25, 0.3) is 0 Å². The number of unbranched alkanes of at least 4 members (excludes halogenated alkanes) is 2. The highest BCUT2D eigenvalue weighted by atomic mass is 32.2. The number of esters is 1. The second kappa shape index (κ2) is 8.30. The molecule has 0 N–H and O–H groups in total. The van der Waals surface area contributed by atoms with Crippen LogP contribution in [0.1, 0.15) is 50.0 Å². The molecule has 1 atom stereocenters. The number of thiophene rings is 1. The van der Waals surface area contributed by atoms with E-state index in [2.05, 4.69) is 23.8 Å². The first-order chi connectivity index (χ1) is 11.7. The number of hydrogen-bond acceptors (Lipinski definition) is 6. The minimum absolute atomic E-state index is 0.152. The quantitative estimate of drug-likeness (QED) is 0.310. The molecule has 0 saturated heterocycles. The minimum atomic E-state index is -0.152. The van der Waals surface area contributed by atoms with Gasteiger partial charge in [-0.1, -0.05) is 38.5 Å². The van der Waals surface area contributed by atoms with Crippen LogP contribution in [0.25, 0.3) is 10.2 Å². The van der Waals surface area contributed by atoms with E-state index in [1.807, 2.05) is 0 Å². The molecule has 3 rings (SSSR count). The van der Waals surface area contributed by atoms with Crippen molar-refractivity contribution in [3.63, 3.8) is 0 Å². The third kappa shape index (κ3) is 4.09. The van der Waals surface area contributed by atoms with E-state index in [0.717, 1.165) is 47.9 Å². The second-order valence-electron chi connectivity index (χ2n) is 6.43. The Kier molecular flexibility index (Phi) is 6.11. The van der Waals surface area contributed by atoms with Crippen LogP contribution in [-0.2, 0) is 22.4 Å². The van der Waals surface area contributed by atoms with Gasteiger partial charge in [-0.05, 0) is 37.2 Å². The summed E-state index contributed by atoms with van der Waals surface area (Å²) < 4.78 is 5.29. The molecule has 1 aliphatic rings. The summed E-state index contributed by atoms with van der Waals surface area (Å²) in [5.74, 6) is 0.910. The molecular weight excluding hydrogens is 340 g/mol. The van der Waals surface area contributed by atoms with Gasteiger partial charge in [-0.2, -0.15) is 0 Å². The van der Waals surface area contributed by atoms with Crippen LogP contribution in [0, 0.1) is 5.92 Å². The Morgan fingerprint density at radius 3 is 3.12 bits per heavy atom. The third-order valence-electron chi connectivity index (χ3n) is 4.39. The average molecular weight is 365 g/mol. The van der Waals surface area contributed by atoms with Crippen molar-refractivity contribution in [3.8, 4) is 0 Å². The van der Waals surface area contributed by atoms with Crippen molar-refractivity contribution in [2.75, 3.05) is 12.4 Å². The van der Waals surface area contributed by atoms with Gasteiger partial charge in [0.05, 0.1) is 12.4 Å². The van der Waals surface area contributed by atoms with Crippen LogP contribution in [0.4, 0.5) is 0 Å². The molecule has 0 unspecified atom stereocenters. The fourth-order valence-electron chi connectivity index (χ4n) is 3.06. The molecule has 1 aliphatic carbocycles. The zero-order valence-electron chi connectivity index (χ0n) is 14.3. The first kappa shape index (κ1) is 17.7. The molecule has 0 amide bonds. The molecule has 2 heterocycles. The fraction of sp³-hybridized carbons (Fsp3) is 0.611. The molecule has 2 aromatic rings. The van der Waals surface area contributed by atoms with E-state index in [4.69, 9.17) is 4.74 Å². The molecule has 130 valence electrons. The van der Waals surface area contributed by atoms with Gasteiger partial charge >= 0.3 is 5.97 Å². The molecule has 0 radical (unpaired) electrons. The van der Waals surface area contributed by atoms with E-state index < -0.39 is 0 Å². The molecule has 2 aromatic heterocycles. The van der Waals surface area contributed by atoms with Gasteiger partial charge in [-0.25, -0.2) is 9.97 Å². The number of nitrogens with zero attached hydrogens (tertiary/aromatic N) is 2. The molecule has 6 heteroatoms. The zero-order chi connectivity index (χ0) is 16.9. The van der Waals surface area contributed by atoms with Crippen molar-refractivity contribution >= 4 is 39.3 Å². The Morgan fingerprint density at radius 1 is 1.42 bits per heavy atom. The topological polar surface area (TPSA) is 52.1 Å². The van der Waals surface area contributed by atoms with Gasteiger partial charge in [0, 0.05) is 10.3 Å².